The quantitative estimate of drug-likeness (QED) is 0.802. The number of carboxylic acid groups (broad SMARTS) is 1. The molecular formula is C12H20N2O4S. The Morgan fingerprint density at radius 2 is 2.11 bits per heavy atom. The van der Waals surface area contributed by atoms with Crippen molar-refractivity contribution >= 4 is 23.8 Å². The van der Waals surface area contributed by atoms with Gasteiger partial charge in [-0.15, -0.1) is 0 Å². The van der Waals surface area contributed by atoms with E-state index in [9.17, 15) is 9.59 Å². The van der Waals surface area contributed by atoms with Crippen molar-refractivity contribution in [1.82, 2.24) is 10.2 Å². The van der Waals surface area contributed by atoms with E-state index in [-0.39, 0.29) is 24.6 Å². The standard InChI is InChI=1S/C12H20N2O4S/c15-11(16)7-10-8-14(3-4-18-10)12(17)13-9-1-5-19-6-2-9/h9-10H,1-8H2,(H,13,17)(H,15,16). The van der Waals surface area contributed by atoms with Gasteiger partial charge >= 0.3 is 12.0 Å². The summed E-state index contributed by atoms with van der Waals surface area (Å²) in [5, 5.41) is 11.8. The number of hydrogen-bond donors (Lipinski definition) is 2. The normalized spacial score (nSPS) is 25.1. The number of thioether (sulfide) groups is 1. The molecule has 2 saturated heterocycles. The predicted octanol–water partition coefficient (Wildman–Crippen LogP) is 0.767. The zero-order valence-corrected chi connectivity index (χ0v) is 11.7. The first-order chi connectivity index (χ1) is 9.15. The van der Waals surface area contributed by atoms with Crippen LogP contribution in [0.2, 0.25) is 0 Å². The van der Waals surface area contributed by atoms with Crippen molar-refractivity contribution in [2.45, 2.75) is 31.4 Å². The molecule has 0 aromatic carbocycles. The topological polar surface area (TPSA) is 78.9 Å². The number of carbonyl (C=O) groups is 2. The predicted molar refractivity (Wildman–Crippen MR) is 72.4 cm³/mol. The van der Waals surface area contributed by atoms with Gasteiger partial charge in [-0.1, -0.05) is 0 Å². The monoisotopic (exact) mass is 288 g/mol. The second-order valence-corrected chi connectivity index (χ2v) is 6.10. The van der Waals surface area contributed by atoms with E-state index in [1.807, 2.05) is 11.8 Å². The van der Waals surface area contributed by atoms with Crippen molar-refractivity contribution in [2.24, 2.45) is 0 Å². The van der Waals surface area contributed by atoms with Crippen molar-refractivity contribution in [3.8, 4) is 0 Å². The number of carbonyl (C=O) groups excluding carboxylic acids is 1. The minimum atomic E-state index is -0.892. The molecule has 0 aromatic rings. The highest BCUT2D eigenvalue weighted by molar-refractivity contribution is 7.99. The van der Waals surface area contributed by atoms with Gasteiger partial charge in [-0.25, -0.2) is 4.79 Å². The van der Waals surface area contributed by atoms with Crippen LogP contribution in [0, 0.1) is 0 Å². The van der Waals surface area contributed by atoms with Gasteiger partial charge in [0.05, 0.1) is 19.1 Å². The van der Waals surface area contributed by atoms with Crippen LogP contribution in [-0.4, -0.2) is 65.4 Å². The Labute approximate surface area is 116 Å². The van der Waals surface area contributed by atoms with Gasteiger partial charge in [0, 0.05) is 19.1 Å². The Kier molecular flexibility index (Phi) is 5.33. The molecule has 0 spiro atoms. The Morgan fingerprint density at radius 3 is 2.79 bits per heavy atom. The summed E-state index contributed by atoms with van der Waals surface area (Å²) in [6, 6.07) is 0.171. The molecule has 1 atom stereocenters. The van der Waals surface area contributed by atoms with Crippen LogP contribution in [0.1, 0.15) is 19.3 Å². The molecule has 7 heteroatoms. The molecule has 2 amide bonds. The molecule has 0 bridgehead atoms. The lowest BCUT2D eigenvalue weighted by molar-refractivity contribution is -0.141. The Balaban J connectivity index is 1.79. The molecule has 1 unspecified atom stereocenters. The maximum absolute atomic E-state index is 12.1. The van der Waals surface area contributed by atoms with E-state index in [1.54, 1.807) is 4.90 Å². The largest absolute Gasteiger partial charge is 0.481 e. The first-order valence-electron chi connectivity index (χ1n) is 6.61. The molecule has 2 fully saturated rings. The maximum Gasteiger partial charge on any atom is 0.317 e. The summed E-state index contributed by atoms with van der Waals surface area (Å²) in [5.74, 6) is 1.29. The van der Waals surface area contributed by atoms with Crippen molar-refractivity contribution in [3.63, 3.8) is 0 Å². The van der Waals surface area contributed by atoms with Gasteiger partial charge in [-0.05, 0) is 24.3 Å². The summed E-state index contributed by atoms with van der Waals surface area (Å²) in [5.41, 5.74) is 0. The number of amides is 2. The third-order valence-corrected chi connectivity index (χ3v) is 4.43. The number of morpholine rings is 1. The highest BCUT2D eigenvalue weighted by atomic mass is 32.2. The molecule has 2 rings (SSSR count). The second-order valence-electron chi connectivity index (χ2n) is 4.87. The minimum Gasteiger partial charge on any atom is -0.481 e. The van der Waals surface area contributed by atoms with Crippen LogP contribution in [-0.2, 0) is 9.53 Å². The van der Waals surface area contributed by atoms with Crippen LogP contribution < -0.4 is 5.32 Å². The van der Waals surface area contributed by atoms with Gasteiger partial charge in [0.1, 0.15) is 0 Å². The zero-order chi connectivity index (χ0) is 13.7. The van der Waals surface area contributed by atoms with E-state index in [2.05, 4.69) is 5.32 Å². The molecule has 108 valence electrons. The summed E-state index contributed by atoms with van der Waals surface area (Å²) < 4.78 is 5.35. The van der Waals surface area contributed by atoms with Crippen molar-refractivity contribution in [1.29, 1.82) is 0 Å². The van der Waals surface area contributed by atoms with Gasteiger partial charge in [-0.3, -0.25) is 4.79 Å². The fraction of sp³-hybridized carbons (Fsp3) is 0.833. The lowest BCUT2D eigenvalue weighted by Crippen LogP contribution is -2.52. The van der Waals surface area contributed by atoms with Gasteiger partial charge in [0.15, 0.2) is 0 Å². The third-order valence-electron chi connectivity index (χ3n) is 3.38. The summed E-state index contributed by atoms with van der Waals surface area (Å²) in [6.07, 6.45) is 1.58. The third kappa shape index (κ3) is 4.58. The lowest BCUT2D eigenvalue weighted by Gasteiger charge is -2.34. The Bertz CT molecular complexity index is 334. The molecule has 0 aromatic heterocycles. The van der Waals surface area contributed by atoms with Crippen LogP contribution in [0.4, 0.5) is 4.79 Å². The molecular weight excluding hydrogens is 268 g/mol. The van der Waals surface area contributed by atoms with E-state index in [0.717, 1.165) is 24.3 Å². The molecule has 0 aliphatic carbocycles. The zero-order valence-electron chi connectivity index (χ0n) is 10.8. The van der Waals surface area contributed by atoms with E-state index >= 15 is 0 Å². The lowest BCUT2D eigenvalue weighted by atomic mass is 10.1. The summed E-state index contributed by atoms with van der Waals surface area (Å²) in [4.78, 5) is 24.4. The maximum atomic E-state index is 12.1. The smallest absolute Gasteiger partial charge is 0.317 e. The van der Waals surface area contributed by atoms with Gasteiger partial charge in [-0.2, -0.15) is 11.8 Å². The van der Waals surface area contributed by atoms with Crippen molar-refractivity contribution in [2.75, 3.05) is 31.2 Å². The van der Waals surface area contributed by atoms with Gasteiger partial charge in [0.25, 0.3) is 0 Å². The van der Waals surface area contributed by atoms with E-state index < -0.39 is 5.97 Å². The molecule has 0 radical (unpaired) electrons. The number of nitrogens with zero attached hydrogens (tertiary/aromatic N) is 1. The fourth-order valence-corrected chi connectivity index (χ4v) is 3.44. The number of carboxylic acids is 1. The number of nitrogens with one attached hydrogen (secondary N) is 1. The van der Waals surface area contributed by atoms with E-state index in [1.165, 1.54) is 0 Å². The van der Waals surface area contributed by atoms with Crippen molar-refractivity contribution in [3.05, 3.63) is 0 Å². The number of ether oxygens (including phenoxy) is 1. The molecule has 2 aliphatic rings. The number of aliphatic carboxylic acids is 1. The number of urea groups is 1. The highest BCUT2D eigenvalue weighted by Crippen LogP contribution is 2.17. The van der Waals surface area contributed by atoms with Crippen molar-refractivity contribution < 1.29 is 19.4 Å². The average molecular weight is 288 g/mol. The molecule has 6 nitrogen and oxygen atoms in total. The van der Waals surface area contributed by atoms with Crippen LogP contribution in [0.3, 0.4) is 0 Å². The SMILES string of the molecule is O=C(O)CC1CN(C(=O)NC2CCSCC2)CCO1. The average Bonchev–Trinajstić information content (AvgIpc) is 2.39. The van der Waals surface area contributed by atoms with Crippen LogP contribution in [0.15, 0.2) is 0 Å². The summed E-state index contributed by atoms with van der Waals surface area (Å²) in [6.45, 7) is 1.30. The van der Waals surface area contributed by atoms with E-state index in [0.29, 0.717) is 19.7 Å². The van der Waals surface area contributed by atoms with E-state index in [4.69, 9.17) is 9.84 Å². The highest BCUT2D eigenvalue weighted by Gasteiger charge is 2.27. The Hall–Kier alpha value is -0.950. The van der Waals surface area contributed by atoms with Crippen LogP contribution in [0.5, 0.6) is 0 Å². The van der Waals surface area contributed by atoms with Crippen LogP contribution in [0.25, 0.3) is 0 Å². The second kappa shape index (κ2) is 7.00. The molecule has 2 N–H and O–H groups in total. The van der Waals surface area contributed by atoms with Gasteiger partial charge in [0.2, 0.25) is 0 Å². The summed E-state index contributed by atoms with van der Waals surface area (Å²) in [7, 11) is 0. The Morgan fingerprint density at radius 1 is 1.37 bits per heavy atom. The summed E-state index contributed by atoms with van der Waals surface area (Å²) >= 11 is 1.92. The molecule has 0 saturated carbocycles. The molecule has 2 aliphatic heterocycles. The van der Waals surface area contributed by atoms with Gasteiger partial charge < -0.3 is 20.1 Å². The first kappa shape index (κ1) is 14.5. The minimum absolute atomic E-state index is 0.0517. The number of rotatable bonds is 3. The molecule has 2 heterocycles. The number of hydrogen-bond acceptors (Lipinski definition) is 4. The fourth-order valence-electron chi connectivity index (χ4n) is 2.33. The van der Waals surface area contributed by atoms with Crippen LogP contribution >= 0.6 is 11.8 Å². The first-order valence-corrected chi connectivity index (χ1v) is 7.77. The molecule has 19 heavy (non-hydrogen) atoms.